The molecule has 39 heavy (non-hydrogen) atoms. The van der Waals surface area contributed by atoms with Crippen LogP contribution in [-0.4, -0.2) is 59.6 Å². The standard InChI is InChI=1S/C30H45NO6SSi/c1-29(2,3)36-28(32)31-19-18-23(27(21-31)37-39(8,9)30(4,5)6)20-22-10-14-25(15-11-22)38(33,34)26-16-12-24(35-7)13-17-26/h10-17,23,27H,18-21H2,1-9H3/t23-,27+/m1/s1. The topological polar surface area (TPSA) is 82.1 Å². The number of likely N-dealkylation sites (tertiary alicyclic amines) is 1. The van der Waals surface area contributed by atoms with Gasteiger partial charge in [-0.1, -0.05) is 32.9 Å². The molecule has 2 aromatic rings. The maximum Gasteiger partial charge on any atom is 0.410 e. The summed E-state index contributed by atoms with van der Waals surface area (Å²) in [4.78, 5) is 15.1. The predicted molar refractivity (Wildman–Crippen MR) is 157 cm³/mol. The number of hydrogen-bond donors (Lipinski definition) is 0. The molecule has 0 bridgehead atoms. The van der Waals surface area contributed by atoms with Crippen molar-refractivity contribution in [1.82, 2.24) is 4.90 Å². The summed E-state index contributed by atoms with van der Waals surface area (Å²) in [5.74, 6) is 0.804. The molecule has 1 heterocycles. The summed E-state index contributed by atoms with van der Waals surface area (Å²) in [6.07, 6.45) is 1.09. The second kappa shape index (κ2) is 11.6. The van der Waals surface area contributed by atoms with E-state index >= 15 is 0 Å². The lowest BCUT2D eigenvalue weighted by Gasteiger charge is -2.45. The molecule has 0 N–H and O–H groups in total. The van der Waals surface area contributed by atoms with E-state index in [9.17, 15) is 13.2 Å². The van der Waals surface area contributed by atoms with Crippen molar-refractivity contribution in [1.29, 1.82) is 0 Å². The Kier molecular flexibility index (Phi) is 9.29. The Morgan fingerprint density at radius 1 is 0.949 bits per heavy atom. The van der Waals surface area contributed by atoms with Crippen LogP contribution in [0.5, 0.6) is 5.75 Å². The van der Waals surface area contributed by atoms with Crippen molar-refractivity contribution in [2.45, 2.75) is 94.0 Å². The van der Waals surface area contributed by atoms with Gasteiger partial charge in [0, 0.05) is 13.1 Å². The molecule has 1 fully saturated rings. The Labute approximate surface area is 235 Å². The number of benzene rings is 2. The Hall–Kier alpha value is -2.36. The quantitative estimate of drug-likeness (QED) is 0.341. The fourth-order valence-corrected chi connectivity index (χ4v) is 7.02. The van der Waals surface area contributed by atoms with E-state index in [2.05, 4.69) is 33.9 Å². The summed E-state index contributed by atoms with van der Waals surface area (Å²) in [5.41, 5.74) is 0.487. The van der Waals surface area contributed by atoms with Gasteiger partial charge in [0.15, 0.2) is 8.32 Å². The molecule has 0 saturated carbocycles. The van der Waals surface area contributed by atoms with Gasteiger partial charge in [0.25, 0.3) is 0 Å². The van der Waals surface area contributed by atoms with Crippen molar-refractivity contribution >= 4 is 24.2 Å². The molecule has 1 saturated heterocycles. The molecular weight excluding hydrogens is 530 g/mol. The van der Waals surface area contributed by atoms with Crippen LogP contribution in [0.2, 0.25) is 18.1 Å². The Bertz CT molecular complexity index is 1230. The van der Waals surface area contributed by atoms with Crippen molar-refractivity contribution in [2.75, 3.05) is 20.2 Å². The van der Waals surface area contributed by atoms with Gasteiger partial charge in [-0.15, -0.1) is 0 Å². The van der Waals surface area contributed by atoms with E-state index in [-0.39, 0.29) is 32.9 Å². The van der Waals surface area contributed by atoms with Gasteiger partial charge >= 0.3 is 6.09 Å². The van der Waals surface area contributed by atoms with Crippen molar-refractivity contribution in [3.05, 3.63) is 54.1 Å². The van der Waals surface area contributed by atoms with Gasteiger partial charge in [-0.05, 0) is 99.6 Å². The van der Waals surface area contributed by atoms with E-state index in [1.54, 1.807) is 48.4 Å². The zero-order valence-electron chi connectivity index (χ0n) is 24.9. The zero-order chi connectivity index (χ0) is 29.2. The minimum absolute atomic E-state index is 0.0310. The Balaban J connectivity index is 1.79. The van der Waals surface area contributed by atoms with Gasteiger partial charge in [0.05, 0.1) is 23.0 Å². The Morgan fingerprint density at radius 2 is 1.49 bits per heavy atom. The number of carbonyl (C=O) groups excluding carboxylic acids is 1. The molecule has 0 aromatic heterocycles. The molecular formula is C30H45NO6SSi. The van der Waals surface area contributed by atoms with Crippen LogP contribution in [0.4, 0.5) is 4.79 Å². The van der Waals surface area contributed by atoms with Crippen LogP contribution in [0.1, 0.15) is 53.5 Å². The third-order valence-corrected chi connectivity index (χ3v) is 14.0. The highest BCUT2D eigenvalue weighted by Gasteiger charge is 2.43. The van der Waals surface area contributed by atoms with Crippen LogP contribution in [0.15, 0.2) is 58.3 Å². The molecule has 7 nitrogen and oxygen atoms in total. The predicted octanol–water partition coefficient (Wildman–Crippen LogP) is 6.72. The highest BCUT2D eigenvalue weighted by molar-refractivity contribution is 7.91. The van der Waals surface area contributed by atoms with E-state index in [1.165, 1.54) is 0 Å². The molecule has 1 aliphatic rings. The number of methoxy groups -OCH3 is 1. The van der Waals surface area contributed by atoms with E-state index in [0.29, 0.717) is 18.8 Å². The molecule has 2 atom stereocenters. The van der Waals surface area contributed by atoms with Gasteiger partial charge in [0.2, 0.25) is 9.84 Å². The Morgan fingerprint density at radius 3 is 1.97 bits per heavy atom. The van der Waals surface area contributed by atoms with Crippen LogP contribution in [0.3, 0.4) is 0 Å². The monoisotopic (exact) mass is 575 g/mol. The van der Waals surface area contributed by atoms with Crippen molar-refractivity contribution in [2.24, 2.45) is 5.92 Å². The van der Waals surface area contributed by atoms with Crippen LogP contribution >= 0.6 is 0 Å². The number of ether oxygens (including phenoxy) is 2. The molecule has 1 amide bonds. The number of carbonyl (C=O) groups is 1. The van der Waals surface area contributed by atoms with Gasteiger partial charge in [-0.2, -0.15) is 0 Å². The molecule has 216 valence electrons. The minimum Gasteiger partial charge on any atom is -0.497 e. The molecule has 9 heteroatoms. The van der Waals surface area contributed by atoms with Gasteiger partial charge in [-0.3, -0.25) is 0 Å². The second-order valence-corrected chi connectivity index (χ2v) is 19.6. The van der Waals surface area contributed by atoms with Gasteiger partial charge < -0.3 is 18.8 Å². The lowest BCUT2D eigenvalue weighted by molar-refractivity contribution is -0.00881. The minimum atomic E-state index is -3.63. The largest absolute Gasteiger partial charge is 0.497 e. The zero-order valence-corrected chi connectivity index (χ0v) is 26.7. The maximum absolute atomic E-state index is 13.1. The summed E-state index contributed by atoms with van der Waals surface area (Å²) in [7, 11) is -4.19. The van der Waals surface area contributed by atoms with Crippen LogP contribution < -0.4 is 4.74 Å². The average molecular weight is 576 g/mol. The fraction of sp³-hybridized carbons (Fsp3) is 0.567. The second-order valence-electron chi connectivity index (χ2n) is 12.9. The van der Waals surface area contributed by atoms with Crippen LogP contribution in [0, 0.1) is 5.92 Å². The summed E-state index contributed by atoms with van der Waals surface area (Å²) in [5, 5.41) is 0.0310. The lowest BCUT2D eigenvalue weighted by Crippen LogP contribution is -2.54. The van der Waals surface area contributed by atoms with E-state index in [0.717, 1.165) is 18.4 Å². The number of piperidine rings is 1. The molecule has 0 radical (unpaired) electrons. The molecule has 2 aromatic carbocycles. The lowest BCUT2D eigenvalue weighted by atomic mass is 9.88. The summed E-state index contributed by atoms with van der Waals surface area (Å²) in [6, 6.07) is 13.5. The maximum atomic E-state index is 13.1. The fourth-order valence-electron chi connectivity index (χ4n) is 4.38. The third-order valence-electron chi connectivity index (χ3n) is 7.70. The smallest absolute Gasteiger partial charge is 0.410 e. The number of amides is 1. The van der Waals surface area contributed by atoms with Crippen molar-refractivity contribution in [3.63, 3.8) is 0 Å². The number of rotatable bonds is 7. The molecule has 1 aliphatic heterocycles. The third kappa shape index (κ3) is 7.86. The van der Waals surface area contributed by atoms with E-state index in [4.69, 9.17) is 13.9 Å². The first-order valence-electron chi connectivity index (χ1n) is 13.6. The molecule has 0 spiro atoms. The van der Waals surface area contributed by atoms with Gasteiger partial charge in [-0.25, -0.2) is 13.2 Å². The average Bonchev–Trinajstić information content (AvgIpc) is 2.83. The molecule has 0 unspecified atom stereocenters. The number of sulfone groups is 1. The SMILES string of the molecule is COc1ccc(S(=O)(=O)c2ccc(C[C@H]3CCN(C(=O)OC(C)(C)C)C[C@@H]3O[Si](C)(C)C(C)(C)C)cc2)cc1. The van der Waals surface area contributed by atoms with E-state index < -0.39 is 23.8 Å². The normalized spacial score (nSPS) is 19.1. The highest BCUT2D eigenvalue weighted by Crippen LogP contribution is 2.39. The molecule has 0 aliphatic carbocycles. The van der Waals surface area contributed by atoms with Crippen molar-refractivity contribution in [3.8, 4) is 5.75 Å². The van der Waals surface area contributed by atoms with Crippen LogP contribution in [-0.2, 0) is 25.4 Å². The van der Waals surface area contributed by atoms with Crippen molar-refractivity contribution < 1.29 is 27.1 Å². The van der Waals surface area contributed by atoms with Crippen LogP contribution in [0.25, 0.3) is 0 Å². The number of nitrogens with zero attached hydrogens (tertiary/aromatic N) is 1. The molecule has 3 rings (SSSR count). The summed E-state index contributed by atoms with van der Waals surface area (Å²) in [6.45, 7) is 17.8. The number of hydrogen-bond acceptors (Lipinski definition) is 6. The first-order chi connectivity index (χ1) is 17.9. The summed E-state index contributed by atoms with van der Waals surface area (Å²) < 4.78 is 43.9. The first kappa shape index (κ1) is 31.2. The van der Waals surface area contributed by atoms with Gasteiger partial charge in [0.1, 0.15) is 11.4 Å². The van der Waals surface area contributed by atoms with E-state index in [1.807, 2.05) is 32.9 Å². The first-order valence-corrected chi connectivity index (χ1v) is 18.0. The highest BCUT2D eigenvalue weighted by atomic mass is 32.2. The summed E-state index contributed by atoms with van der Waals surface area (Å²) >= 11 is 0.